The Bertz CT molecular complexity index is 1320. The van der Waals surface area contributed by atoms with Gasteiger partial charge in [0.2, 0.25) is 0 Å². The van der Waals surface area contributed by atoms with Gasteiger partial charge in [-0.15, -0.1) is 0 Å². The van der Waals surface area contributed by atoms with Gasteiger partial charge in [-0.3, -0.25) is 9.52 Å². The van der Waals surface area contributed by atoms with Crippen molar-refractivity contribution in [2.24, 2.45) is 0 Å². The molecule has 0 aliphatic rings. The van der Waals surface area contributed by atoms with Gasteiger partial charge < -0.3 is 9.47 Å². The number of carbonyl (C=O) groups excluding carboxylic acids is 1. The summed E-state index contributed by atoms with van der Waals surface area (Å²) in [5, 5.41) is 0. The second-order valence-electron chi connectivity index (χ2n) is 6.45. The molecule has 0 atom stereocenters. The molecular weight excluding hydrogens is 456 g/mol. The van der Waals surface area contributed by atoms with Crippen molar-refractivity contribution < 1.29 is 31.1 Å². The van der Waals surface area contributed by atoms with Crippen molar-refractivity contribution in [3.8, 4) is 11.5 Å². The first-order chi connectivity index (χ1) is 15.2. The summed E-state index contributed by atoms with van der Waals surface area (Å²) in [5.74, 6) is -0.344. The Hall–Kier alpha value is -3.57. The van der Waals surface area contributed by atoms with Gasteiger partial charge in [0.15, 0.2) is 0 Å². The zero-order valence-corrected chi connectivity index (χ0v) is 18.7. The summed E-state index contributed by atoms with van der Waals surface area (Å²) in [6.45, 7) is 0. The quantitative estimate of drug-likeness (QED) is 0.511. The largest absolute Gasteiger partial charge is 0.497 e. The molecule has 0 unspecified atom stereocenters. The fourth-order valence-electron chi connectivity index (χ4n) is 2.74. The predicted molar refractivity (Wildman–Crippen MR) is 118 cm³/mol. The maximum Gasteiger partial charge on any atom is 0.265 e. The van der Waals surface area contributed by atoms with Crippen molar-refractivity contribution in [2.75, 3.05) is 18.9 Å². The molecule has 0 heterocycles. The van der Waals surface area contributed by atoms with Crippen molar-refractivity contribution in [1.29, 1.82) is 0 Å². The number of rotatable bonds is 8. The zero-order valence-electron chi connectivity index (χ0n) is 17.1. The Balaban J connectivity index is 1.80. The summed E-state index contributed by atoms with van der Waals surface area (Å²) in [7, 11) is -5.48. The molecule has 1 amide bonds. The van der Waals surface area contributed by atoms with Crippen LogP contribution in [0.2, 0.25) is 0 Å². The highest BCUT2D eigenvalue weighted by molar-refractivity contribution is 7.92. The summed E-state index contributed by atoms with van der Waals surface area (Å²) in [5.41, 5.74) is 0.302. The van der Waals surface area contributed by atoms with E-state index in [0.29, 0.717) is 5.75 Å². The molecule has 0 spiro atoms. The second-order valence-corrected chi connectivity index (χ2v) is 9.78. The molecule has 0 aliphatic heterocycles. The highest BCUT2D eigenvalue weighted by Gasteiger charge is 2.22. The Kier molecular flexibility index (Phi) is 6.70. The van der Waals surface area contributed by atoms with E-state index in [2.05, 4.69) is 4.72 Å². The van der Waals surface area contributed by atoms with Gasteiger partial charge in [-0.2, -0.15) is 0 Å². The zero-order chi connectivity index (χ0) is 23.4. The Morgan fingerprint density at radius 2 is 1.44 bits per heavy atom. The number of hydrogen-bond donors (Lipinski definition) is 2. The lowest BCUT2D eigenvalue weighted by atomic mass is 10.2. The fraction of sp³-hybridized carbons (Fsp3) is 0.0952. The van der Waals surface area contributed by atoms with Crippen LogP contribution in [0.25, 0.3) is 0 Å². The maximum absolute atomic E-state index is 12.8. The van der Waals surface area contributed by atoms with Crippen molar-refractivity contribution in [3.63, 3.8) is 0 Å². The molecule has 11 heteroatoms. The molecule has 0 radical (unpaired) electrons. The number of nitrogens with one attached hydrogen (secondary N) is 2. The van der Waals surface area contributed by atoms with Crippen LogP contribution in [-0.4, -0.2) is 37.0 Å². The van der Waals surface area contributed by atoms with E-state index in [4.69, 9.17) is 9.47 Å². The van der Waals surface area contributed by atoms with E-state index in [1.165, 1.54) is 62.8 Å². The van der Waals surface area contributed by atoms with Crippen LogP contribution >= 0.6 is 0 Å². The SMILES string of the molecule is COc1ccc(OC)c(S(=O)(=O)Nc2ccc(S(=O)(=O)NC(=O)c3ccccc3)cc2)c1. The standard InChI is InChI=1S/C21H20N2O7S2/c1-29-17-10-13-19(30-2)20(14-17)32(27,28)22-16-8-11-18(12-9-16)31(25,26)23-21(24)15-6-4-3-5-7-15/h3-14,22H,1-2H3,(H,23,24). The number of carbonyl (C=O) groups is 1. The van der Waals surface area contributed by atoms with Crippen LogP contribution in [0.15, 0.2) is 82.6 Å². The molecular formula is C21H20N2O7S2. The first-order valence-corrected chi connectivity index (χ1v) is 12.1. The van der Waals surface area contributed by atoms with Gasteiger partial charge in [0, 0.05) is 17.3 Å². The lowest BCUT2D eigenvalue weighted by Crippen LogP contribution is -2.30. The number of methoxy groups -OCH3 is 2. The number of sulfonamides is 2. The molecule has 3 rings (SSSR count). The van der Waals surface area contributed by atoms with E-state index >= 15 is 0 Å². The summed E-state index contributed by atoms with van der Waals surface area (Å²) in [4.78, 5) is 11.8. The molecule has 3 aromatic carbocycles. The highest BCUT2D eigenvalue weighted by Crippen LogP contribution is 2.30. The average molecular weight is 477 g/mol. The van der Waals surface area contributed by atoms with Crippen LogP contribution in [0.5, 0.6) is 11.5 Å². The smallest absolute Gasteiger partial charge is 0.265 e. The van der Waals surface area contributed by atoms with Crippen molar-refractivity contribution in [1.82, 2.24) is 4.72 Å². The van der Waals surface area contributed by atoms with E-state index in [0.717, 1.165) is 0 Å². The lowest BCUT2D eigenvalue weighted by Gasteiger charge is -2.13. The fourth-order valence-corrected chi connectivity index (χ4v) is 4.95. The lowest BCUT2D eigenvalue weighted by molar-refractivity contribution is 0.0981. The maximum atomic E-state index is 12.8. The molecule has 0 fully saturated rings. The van der Waals surface area contributed by atoms with Crippen molar-refractivity contribution in [3.05, 3.63) is 78.4 Å². The molecule has 0 saturated heterocycles. The first kappa shape index (κ1) is 23.1. The molecule has 0 aromatic heterocycles. The van der Waals surface area contributed by atoms with Gasteiger partial charge >= 0.3 is 0 Å². The van der Waals surface area contributed by atoms with Crippen LogP contribution in [0.4, 0.5) is 5.69 Å². The van der Waals surface area contributed by atoms with Gasteiger partial charge in [0.25, 0.3) is 26.0 Å². The summed E-state index contributed by atoms with van der Waals surface area (Å²) < 4.78 is 65.1. The first-order valence-electron chi connectivity index (χ1n) is 9.13. The van der Waals surface area contributed by atoms with E-state index in [-0.39, 0.29) is 26.8 Å². The topological polar surface area (TPSA) is 128 Å². The third-order valence-corrected chi connectivity index (χ3v) is 7.09. The van der Waals surface area contributed by atoms with E-state index in [1.807, 2.05) is 4.72 Å². The monoisotopic (exact) mass is 476 g/mol. The molecule has 0 aliphatic carbocycles. The molecule has 168 valence electrons. The van der Waals surface area contributed by atoms with Gasteiger partial charge in [-0.25, -0.2) is 21.6 Å². The molecule has 3 aromatic rings. The van der Waals surface area contributed by atoms with E-state index in [9.17, 15) is 21.6 Å². The van der Waals surface area contributed by atoms with Crippen LogP contribution in [0.1, 0.15) is 10.4 Å². The third kappa shape index (κ3) is 5.18. The number of hydrogen-bond acceptors (Lipinski definition) is 7. The Morgan fingerprint density at radius 3 is 2.03 bits per heavy atom. The summed E-state index contributed by atoms with van der Waals surface area (Å²) >= 11 is 0. The summed E-state index contributed by atoms with van der Waals surface area (Å²) in [6, 6.07) is 17.1. The predicted octanol–water partition coefficient (Wildman–Crippen LogP) is 2.62. The normalized spacial score (nSPS) is 11.4. The second kappa shape index (κ2) is 9.28. The number of benzene rings is 3. The number of ether oxygens (including phenoxy) is 2. The minimum absolute atomic E-state index is 0.112. The van der Waals surface area contributed by atoms with Crippen LogP contribution < -0.4 is 18.9 Å². The van der Waals surface area contributed by atoms with E-state index in [1.54, 1.807) is 24.3 Å². The third-order valence-electron chi connectivity index (χ3n) is 4.34. The Morgan fingerprint density at radius 1 is 0.781 bits per heavy atom. The van der Waals surface area contributed by atoms with Crippen molar-refractivity contribution >= 4 is 31.6 Å². The van der Waals surface area contributed by atoms with Gasteiger partial charge in [0.1, 0.15) is 16.4 Å². The minimum Gasteiger partial charge on any atom is -0.497 e. The van der Waals surface area contributed by atoms with Crippen LogP contribution in [0, 0.1) is 0 Å². The number of amides is 1. The molecule has 2 N–H and O–H groups in total. The molecule has 32 heavy (non-hydrogen) atoms. The number of anilines is 1. The van der Waals surface area contributed by atoms with Crippen LogP contribution in [0.3, 0.4) is 0 Å². The van der Waals surface area contributed by atoms with Gasteiger partial charge in [0.05, 0.1) is 19.1 Å². The molecule has 0 saturated carbocycles. The van der Waals surface area contributed by atoms with E-state index < -0.39 is 26.0 Å². The van der Waals surface area contributed by atoms with Gasteiger partial charge in [-0.1, -0.05) is 18.2 Å². The Labute approximate surface area is 186 Å². The van der Waals surface area contributed by atoms with Gasteiger partial charge in [-0.05, 0) is 48.5 Å². The highest BCUT2D eigenvalue weighted by atomic mass is 32.2. The van der Waals surface area contributed by atoms with Crippen LogP contribution in [-0.2, 0) is 20.0 Å². The average Bonchev–Trinajstić information content (AvgIpc) is 2.79. The minimum atomic E-state index is -4.15. The molecule has 9 nitrogen and oxygen atoms in total. The van der Waals surface area contributed by atoms with Crippen molar-refractivity contribution in [2.45, 2.75) is 9.79 Å². The molecule has 0 bridgehead atoms. The summed E-state index contributed by atoms with van der Waals surface area (Å²) in [6.07, 6.45) is 0.